The minimum Gasteiger partial charge on any atom is -1.00 e. The predicted molar refractivity (Wildman–Crippen MR) is 44.5 cm³/mol. The molecule has 0 aromatic carbocycles. The fourth-order valence-electron chi connectivity index (χ4n) is 0.383. The van der Waals surface area contributed by atoms with E-state index in [2.05, 4.69) is 9.97 Å². The summed E-state index contributed by atoms with van der Waals surface area (Å²) in [5.41, 5.74) is 4.75. The first-order chi connectivity index (χ1) is 3.79. The second kappa shape index (κ2) is 5.97. The maximum absolute atomic E-state index is 10.2. The quantitative estimate of drug-likeness (QED) is 0.547. The van der Waals surface area contributed by atoms with Crippen LogP contribution < -0.4 is 11.4 Å². The van der Waals surface area contributed by atoms with E-state index in [0.717, 1.165) is 0 Å². The molecule has 0 radical (unpaired) electrons. The molecule has 1 aromatic rings. The molecule has 3 N–H and O–H groups in total. The third-order valence-corrected chi connectivity index (χ3v) is 0.697. The van der Waals surface area contributed by atoms with E-state index in [-0.39, 0.29) is 53.0 Å². The number of halogens is 1. The minimum absolute atomic E-state index is 0. The summed E-state index contributed by atoms with van der Waals surface area (Å²) in [4.78, 5) is 15.9. The molecule has 1 heterocycles. The molecule has 10 heavy (non-hydrogen) atoms. The van der Waals surface area contributed by atoms with Gasteiger partial charge in [-0.2, -0.15) is 0 Å². The Bertz CT molecular complexity index is 246. The Morgan fingerprint density at radius 2 is 2.30 bits per heavy atom. The third kappa shape index (κ3) is 4.11. The van der Waals surface area contributed by atoms with E-state index in [1.165, 1.54) is 12.3 Å². The minimum atomic E-state index is -0.412. The predicted octanol–water partition coefficient (Wildman–Crippen LogP) is -0.382. The fourth-order valence-corrected chi connectivity index (χ4v) is 0.383. The molecular formula is C4H8CaClN3O. The third-order valence-electron chi connectivity index (χ3n) is 0.697. The molecule has 0 atom stereocenters. The molecule has 0 aliphatic heterocycles. The van der Waals surface area contributed by atoms with E-state index in [1.807, 2.05) is 0 Å². The first-order valence-electron chi connectivity index (χ1n) is 2.10. The average Bonchev–Trinajstić information content (AvgIpc) is 1.64. The maximum Gasteiger partial charge on any atom is 2.00 e. The van der Waals surface area contributed by atoms with Gasteiger partial charge < -0.3 is 8.59 Å². The van der Waals surface area contributed by atoms with Gasteiger partial charge in [0.05, 0.1) is 0 Å². The monoisotopic (exact) mass is 189 g/mol. The number of nitrogens with zero attached hydrogens (tertiary/aromatic N) is 1. The van der Waals surface area contributed by atoms with Crippen LogP contribution >= 0.6 is 12.4 Å². The molecule has 1 rings (SSSR count). The summed E-state index contributed by atoms with van der Waals surface area (Å²) in [7, 11) is 0. The summed E-state index contributed by atoms with van der Waals surface area (Å²) in [5, 5.41) is 0. The molecule has 0 unspecified atom stereocenters. The normalized spacial score (nSPS) is 7.20. The fraction of sp³-hybridized carbons (Fsp3) is 0. The van der Waals surface area contributed by atoms with Crippen molar-refractivity contribution >= 4 is 56.0 Å². The van der Waals surface area contributed by atoms with E-state index in [9.17, 15) is 4.79 Å². The van der Waals surface area contributed by atoms with E-state index in [4.69, 9.17) is 5.73 Å². The van der Waals surface area contributed by atoms with Crippen LogP contribution in [0.25, 0.3) is 0 Å². The summed E-state index contributed by atoms with van der Waals surface area (Å²) in [5.74, 6) is 0.338. The summed E-state index contributed by atoms with van der Waals surface area (Å²) >= 11 is 0. The number of rotatable bonds is 0. The Balaban J connectivity index is -0.0000000800. The molecule has 0 bridgehead atoms. The number of nitrogen functional groups attached to an aromatic ring is 1. The molecular weight excluding hydrogens is 182 g/mol. The average molecular weight is 190 g/mol. The summed E-state index contributed by atoms with van der Waals surface area (Å²) in [6.07, 6.45) is 1.36. The van der Waals surface area contributed by atoms with E-state index in [0.29, 0.717) is 5.82 Å². The van der Waals surface area contributed by atoms with Crippen LogP contribution in [0.4, 0.5) is 5.82 Å². The first-order valence-corrected chi connectivity index (χ1v) is 2.10. The largest absolute Gasteiger partial charge is 2.00 e. The molecule has 54 valence electrons. The Kier molecular flexibility index (Phi) is 7.69. The van der Waals surface area contributed by atoms with Crippen molar-refractivity contribution in [1.29, 1.82) is 0 Å². The van der Waals surface area contributed by atoms with Gasteiger partial charge in [0.2, 0.25) is 0 Å². The van der Waals surface area contributed by atoms with Gasteiger partial charge in [0.15, 0.2) is 0 Å². The second-order valence-corrected chi connectivity index (χ2v) is 1.33. The van der Waals surface area contributed by atoms with Gasteiger partial charge in [-0.15, -0.1) is 12.4 Å². The maximum atomic E-state index is 10.2. The van der Waals surface area contributed by atoms with Gasteiger partial charge in [-0.05, 0) is 6.07 Å². The molecule has 4 nitrogen and oxygen atoms in total. The van der Waals surface area contributed by atoms with Gasteiger partial charge >= 0.3 is 43.4 Å². The number of H-pyrrole nitrogens is 1. The van der Waals surface area contributed by atoms with Crippen molar-refractivity contribution in [2.24, 2.45) is 0 Å². The van der Waals surface area contributed by atoms with E-state index >= 15 is 0 Å². The summed E-state index contributed by atoms with van der Waals surface area (Å²) in [6, 6.07) is 1.52. The number of nitrogens with one attached hydrogen (secondary N) is 1. The Hall–Kier alpha value is 0.230. The molecule has 0 saturated heterocycles. The van der Waals surface area contributed by atoms with Gasteiger partial charge in [-0.1, -0.05) is 0 Å². The van der Waals surface area contributed by atoms with Crippen LogP contribution in [-0.2, 0) is 0 Å². The Labute approximate surface area is 96.6 Å². The molecule has 0 amide bonds. The van der Waals surface area contributed by atoms with Crippen molar-refractivity contribution in [2.45, 2.75) is 0 Å². The van der Waals surface area contributed by atoms with Crippen LogP contribution in [0, 0.1) is 0 Å². The van der Waals surface area contributed by atoms with Crippen molar-refractivity contribution in [3.8, 4) is 0 Å². The van der Waals surface area contributed by atoms with Gasteiger partial charge in [-0.25, -0.2) is 9.78 Å². The zero-order chi connectivity index (χ0) is 5.98. The number of aromatic nitrogens is 2. The topological polar surface area (TPSA) is 71.8 Å². The first kappa shape index (κ1) is 12.9. The standard InChI is InChI=1S/C4H5N3O.Ca.ClH.2H/c5-3-1-2-6-4(8)7-3;;;;/h1-2H,(H3,5,6,7,8);;1H;;/q;+2;;2*-1. The van der Waals surface area contributed by atoms with Crippen molar-refractivity contribution in [2.75, 3.05) is 5.73 Å². The van der Waals surface area contributed by atoms with Crippen LogP contribution in [0.2, 0.25) is 0 Å². The number of hydrogen-bond donors (Lipinski definition) is 2. The second-order valence-electron chi connectivity index (χ2n) is 1.33. The number of hydrogen-bond acceptors (Lipinski definition) is 3. The number of aromatic amines is 1. The SMILES string of the molecule is Cl.Nc1ccnc(=O)[nH]1.[Ca+2].[H-].[H-]. The van der Waals surface area contributed by atoms with Crippen LogP contribution in [-0.4, -0.2) is 47.7 Å². The van der Waals surface area contributed by atoms with Crippen molar-refractivity contribution < 1.29 is 2.85 Å². The molecule has 0 spiro atoms. The van der Waals surface area contributed by atoms with Crippen molar-refractivity contribution in [1.82, 2.24) is 9.97 Å². The van der Waals surface area contributed by atoms with Crippen molar-refractivity contribution in [3.63, 3.8) is 0 Å². The van der Waals surface area contributed by atoms with Crippen molar-refractivity contribution in [3.05, 3.63) is 22.7 Å². The van der Waals surface area contributed by atoms with Crippen LogP contribution in [0.15, 0.2) is 17.1 Å². The Morgan fingerprint density at radius 3 is 2.60 bits per heavy atom. The molecule has 0 aliphatic carbocycles. The summed E-state index contributed by atoms with van der Waals surface area (Å²) in [6.45, 7) is 0. The number of nitrogens with two attached hydrogens (primary N) is 1. The van der Waals surface area contributed by atoms with Crippen LogP contribution in [0.5, 0.6) is 0 Å². The zero-order valence-electron chi connectivity index (χ0n) is 7.20. The van der Waals surface area contributed by atoms with Gasteiger partial charge in [0, 0.05) is 6.20 Å². The Morgan fingerprint density at radius 1 is 1.70 bits per heavy atom. The van der Waals surface area contributed by atoms with Crippen LogP contribution in [0.3, 0.4) is 0 Å². The van der Waals surface area contributed by atoms with E-state index < -0.39 is 5.69 Å². The zero-order valence-corrected chi connectivity index (χ0v) is 8.23. The molecule has 0 saturated carbocycles. The summed E-state index contributed by atoms with van der Waals surface area (Å²) < 4.78 is 0. The number of anilines is 1. The molecule has 0 aliphatic rings. The van der Waals surface area contributed by atoms with E-state index in [1.54, 1.807) is 0 Å². The van der Waals surface area contributed by atoms with Gasteiger partial charge in [-0.3, -0.25) is 4.98 Å². The smallest absolute Gasteiger partial charge is 1.00 e. The molecule has 0 fully saturated rings. The van der Waals surface area contributed by atoms with Crippen LogP contribution in [0.1, 0.15) is 2.85 Å². The van der Waals surface area contributed by atoms with Gasteiger partial charge in [0.25, 0.3) is 0 Å². The molecule has 1 aromatic heterocycles. The molecule has 6 heteroatoms. The van der Waals surface area contributed by atoms with Gasteiger partial charge in [0.1, 0.15) is 5.82 Å².